The van der Waals surface area contributed by atoms with E-state index in [9.17, 15) is 10.4 Å². The Morgan fingerprint density at radius 2 is 1.12 bits per heavy atom. The fraction of sp³-hybridized carbons (Fsp3) is 0.333. The standard InChI is InChI=1S/C27H30O7/c28-24-25(31-17-21-12-6-2-7-13-21)23(19-30-16-20-10-4-1-5-11-20)33-27(34-29)26(24)32-18-22-14-8-3-9-15-22/h1-15,23-29H,16-19H2/t23-,24+,25+,26+,27+/m1/s1. The second-order valence-corrected chi connectivity index (χ2v) is 8.16. The van der Waals surface area contributed by atoms with Crippen LogP contribution < -0.4 is 0 Å². The average molecular weight is 467 g/mol. The molecule has 34 heavy (non-hydrogen) atoms. The predicted octanol–water partition coefficient (Wildman–Crippen LogP) is 3.95. The van der Waals surface area contributed by atoms with E-state index < -0.39 is 30.7 Å². The number of ether oxygens (including phenoxy) is 4. The van der Waals surface area contributed by atoms with Gasteiger partial charge in [0.2, 0.25) is 6.29 Å². The summed E-state index contributed by atoms with van der Waals surface area (Å²) in [6.45, 7) is 1.00. The second kappa shape index (κ2) is 12.7. The van der Waals surface area contributed by atoms with E-state index in [1.54, 1.807) is 0 Å². The lowest BCUT2D eigenvalue weighted by atomic mass is 9.98. The molecule has 0 saturated carbocycles. The van der Waals surface area contributed by atoms with Crippen molar-refractivity contribution in [1.82, 2.24) is 0 Å². The normalized spacial score (nSPS) is 24.7. The highest BCUT2D eigenvalue weighted by Gasteiger charge is 2.47. The van der Waals surface area contributed by atoms with Crippen LogP contribution in [-0.4, -0.2) is 47.7 Å². The van der Waals surface area contributed by atoms with Crippen LogP contribution in [-0.2, 0) is 43.7 Å². The maximum absolute atomic E-state index is 11.2. The van der Waals surface area contributed by atoms with Crippen molar-refractivity contribution in [3.8, 4) is 0 Å². The first kappa shape index (κ1) is 24.5. The topological polar surface area (TPSA) is 86.6 Å². The van der Waals surface area contributed by atoms with Gasteiger partial charge in [-0.05, 0) is 16.7 Å². The van der Waals surface area contributed by atoms with Gasteiger partial charge >= 0.3 is 0 Å². The fourth-order valence-corrected chi connectivity index (χ4v) is 3.90. The molecule has 0 bridgehead atoms. The van der Waals surface area contributed by atoms with Crippen LogP contribution in [0.5, 0.6) is 0 Å². The molecular weight excluding hydrogens is 436 g/mol. The highest BCUT2D eigenvalue weighted by Crippen LogP contribution is 2.28. The summed E-state index contributed by atoms with van der Waals surface area (Å²) in [4.78, 5) is 4.55. The minimum Gasteiger partial charge on any atom is -0.387 e. The molecule has 1 heterocycles. The van der Waals surface area contributed by atoms with Gasteiger partial charge in [0.1, 0.15) is 24.4 Å². The molecular formula is C27H30O7. The van der Waals surface area contributed by atoms with E-state index in [1.807, 2.05) is 91.0 Å². The number of aliphatic hydroxyl groups is 1. The molecule has 7 nitrogen and oxygen atoms in total. The van der Waals surface area contributed by atoms with E-state index in [1.165, 1.54) is 0 Å². The molecule has 3 aromatic rings. The van der Waals surface area contributed by atoms with E-state index in [4.69, 9.17) is 18.9 Å². The lowest BCUT2D eigenvalue weighted by molar-refractivity contribution is -0.412. The van der Waals surface area contributed by atoms with E-state index in [2.05, 4.69) is 4.89 Å². The van der Waals surface area contributed by atoms with E-state index in [0.29, 0.717) is 6.61 Å². The first-order chi connectivity index (χ1) is 16.7. The van der Waals surface area contributed by atoms with E-state index in [-0.39, 0.29) is 19.8 Å². The monoisotopic (exact) mass is 466 g/mol. The third-order valence-corrected chi connectivity index (χ3v) is 5.68. The van der Waals surface area contributed by atoms with Gasteiger partial charge in [0, 0.05) is 0 Å². The second-order valence-electron chi connectivity index (χ2n) is 8.16. The van der Waals surface area contributed by atoms with Crippen molar-refractivity contribution in [2.75, 3.05) is 6.61 Å². The van der Waals surface area contributed by atoms with Crippen LogP contribution in [0, 0.1) is 0 Å². The van der Waals surface area contributed by atoms with Gasteiger partial charge in [0.05, 0.1) is 26.4 Å². The van der Waals surface area contributed by atoms with Crippen molar-refractivity contribution in [3.63, 3.8) is 0 Å². The first-order valence-corrected chi connectivity index (χ1v) is 11.3. The maximum Gasteiger partial charge on any atom is 0.220 e. The van der Waals surface area contributed by atoms with Crippen molar-refractivity contribution in [1.29, 1.82) is 0 Å². The number of aliphatic hydroxyl groups excluding tert-OH is 1. The highest BCUT2D eigenvalue weighted by molar-refractivity contribution is 5.15. The minimum atomic E-state index is -1.19. The molecule has 0 aromatic heterocycles. The molecule has 0 spiro atoms. The molecule has 2 N–H and O–H groups in total. The van der Waals surface area contributed by atoms with Crippen molar-refractivity contribution < 1.29 is 34.2 Å². The van der Waals surface area contributed by atoms with Crippen molar-refractivity contribution in [2.45, 2.75) is 50.5 Å². The molecule has 0 radical (unpaired) electrons. The molecule has 1 fully saturated rings. The summed E-state index contributed by atoms with van der Waals surface area (Å²) in [7, 11) is 0. The Kier molecular flexibility index (Phi) is 9.18. The van der Waals surface area contributed by atoms with Crippen LogP contribution in [0.15, 0.2) is 91.0 Å². The van der Waals surface area contributed by atoms with Gasteiger partial charge in [-0.25, -0.2) is 10.1 Å². The Hall–Kier alpha value is -2.62. The van der Waals surface area contributed by atoms with Gasteiger partial charge < -0.3 is 24.1 Å². The van der Waals surface area contributed by atoms with Crippen LogP contribution in [0.2, 0.25) is 0 Å². The van der Waals surface area contributed by atoms with Crippen LogP contribution >= 0.6 is 0 Å². The van der Waals surface area contributed by atoms with Gasteiger partial charge in [-0.3, -0.25) is 0 Å². The van der Waals surface area contributed by atoms with Crippen LogP contribution in [0.3, 0.4) is 0 Å². The molecule has 1 saturated heterocycles. The Morgan fingerprint density at radius 3 is 1.62 bits per heavy atom. The van der Waals surface area contributed by atoms with Crippen molar-refractivity contribution >= 4 is 0 Å². The van der Waals surface area contributed by atoms with Gasteiger partial charge in [-0.2, -0.15) is 0 Å². The molecule has 4 rings (SSSR count). The van der Waals surface area contributed by atoms with Gasteiger partial charge in [-0.15, -0.1) is 0 Å². The lowest BCUT2D eigenvalue weighted by Gasteiger charge is -2.42. The zero-order valence-corrected chi connectivity index (χ0v) is 18.8. The van der Waals surface area contributed by atoms with Gasteiger partial charge in [-0.1, -0.05) is 91.0 Å². The Morgan fingerprint density at radius 1 is 0.647 bits per heavy atom. The lowest BCUT2D eigenvalue weighted by Crippen LogP contribution is -2.60. The number of rotatable bonds is 11. The summed E-state index contributed by atoms with van der Waals surface area (Å²) in [5.41, 5.74) is 2.89. The average Bonchev–Trinajstić information content (AvgIpc) is 2.89. The SMILES string of the molecule is OO[C@@H]1O[C@H](COCc2ccccc2)[C@H](OCc2ccccc2)[C@H](O)[C@@H]1OCc1ccccc1. The van der Waals surface area contributed by atoms with Crippen molar-refractivity contribution in [2.24, 2.45) is 0 Å². The summed E-state index contributed by atoms with van der Waals surface area (Å²) in [6, 6.07) is 29.0. The third-order valence-electron chi connectivity index (χ3n) is 5.68. The molecule has 5 atom stereocenters. The minimum absolute atomic E-state index is 0.136. The fourth-order valence-electron chi connectivity index (χ4n) is 3.90. The molecule has 1 aliphatic rings. The van der Waals surface area contributed by atoms with E-state index >= 15 is 0 Å². The van der Waals surface area contributed by atoms with Crippen LogP contribution in [0.25, 0.3) is 0 Å². The maximum atomic E-state index is 11.2. The Balaban J connectivity index is 1.44. The Labute approximate surface area is 199 Å². The zero-order chi connectivity index (χ0) is 23.6. The summed E-state index contributed by atoms with van der Waals surface area (Å²) in [5, 5.41) is 20.7. The molecule has 0 amide bonds. The number of hydrogen-bond donors (Lipinski definition) is 2. The first-order valence-electron chi connectivity index (χ1n) is 11.3. The van der Waals surface area contributed by atoms with Crippen molar-refractivity contribution in [3.05, 3.63) is 108 Å². The summed E-state index contributed by atoms with van der Waals surface area (Å²) in [5.74, 6) is 0. The number of hydrogen-bond acceptors (Lipinski definition) is 7. The summed E-state index contributed by atoms with van der Waals surface area (Å²) < 4.78 is 23.8. The zero-order valence-electron chi connectivity index (χ0n) is 18.8. The quantitative estimate of drug-likeness (QED) is 0.327. The molecule has 0 unspecified atom stereocenters. The highest BCUT2D eigenvalue weighted by atomic mass is 17.1. The molecule has 0 aliphatic carbocycles. The summed E-state index contributed by atoms with van der Waals surface area (Å²) in [6.07, 6.45) is -4.72. The summed E-state index contributed by atoms with van der Waals surface area (Å²) >= 11 is 0. The molecule has 7 heteroatoms. The largest absolute Gasteiger partial charge is 0.387 e. The molecule has 180 valence electrons. The predicted molar refractivity (Wildman–Crippen MR) is 125 cm³/mol. The molecule has 3 aromatic carbocycles. The number of benzene rings is 3. The Bertz CT molecular complexity index is 952. The van der Waals surface area contributed by atoms with Crippen LogP contribution in [0.4, 0.5) is 0 Å². The molecule has 1 aliphatic heterocycles. The smallest absolute Gasteiger partial charge is 0.220 e. The van der Waals surface area contributed by atoms with E-state index in [0.717, 1.165) is 16.7 Å². The third kappa shape index (κ3) is 6.71. The van der Waals surface area contributed by atoms with Gasteiger partial charge in [0.25, 0.3) is 0 Å². The van der Waals surface area contributed by atoms with Crippen LogP contribution in [0.1, 0.15) is 16.7 Å². The van der Waals surface area contributed by atoms with Gasteiger partial charge in [0.15, 0.2) is 0 Å².